The molecular weight excluding hydrogens is 218 g/mol. The number of alkyl halides is 2. The summed E-state index contributed by atoms with van der Waals surface area (Å²) in [6.45, 7) is -0.464. The Morgan fingerprint density at radius 2 is 2.00 bits per heavy atom. The third-order valence-electron chi connectivity index (χ3n) is 1.72. The maximum atomic E-state index is 12.4. The minimum atomic E-state index is -4.14. The molecule has 1 rings (SSSR count). The molecule has 0 spiro atoms. The molecule has 0 fully saturated rings. The van der Waals surface area contributed by atoms with Gasteiger partial charge in [0.15, 0.2) is 0 Å². The Morgan fingerprint density at radius 3 is 2.56 bits per heavy atom. The van der Waals surface area contributed by atoms with Crippen LogP contribution in [-0.2, 0) is 9.53 Å². The molecule has 0 aliphatic carbocycles. The Bertz CT molecular complexity index is 374. The van der Waals surface area contributed by atoms with Crippen molar-refractivity contribution in [3.8, 4) is 0 Å². The van der Waals surface area contributed by atoms with Gasteiger partial charge in [-0.15, -0.1) is 0 Å². The summed E-state index contributed by atoms with van der Waals surface area (Å²) in [6, 6.07) is 8.99. The van der Waals surface area contributed by atoms with E-state index >= 15 is 0 Å². The molecule has 3 nitrogen and oxygen atoms in total. The van der Waals surface area contributed by atoms with Gasteiger partial charge in [0, 0.05) is 0 Å². The topological polar surface area (TPSA) is 46.5 Å². The van der Waals surface area contributed by atoms with Crippen LogP contribution in [0.4, 0.5) is 8.78 Å². The number of carbonyl (C=O) groups is 1. The van der Waals surface area contributed by atoms with E-state index in [0.717, 1.165) is 5.56 Å². The third kappa shape index (κ3) is 3.78. The average Bonchev–Trinajstić information content (AvgIpc) is 2.26. The van der Waals surface area contributed by atoms with E-state index in [-0.39, 0.29) is 0 Å². The Labute approximate surface area is 91.0 Å². The minimum absolute atomic E-state index is 0.464. The molecule has 0 bridgehead atoms. The smallest absolute Gasteiger partial charge is 0.456 e. The largest absolute Gasteiger partial charge is 0.475 e. The van der Waals surface area contributed by atoms with Gasteiger partial charge in [0.1, 0.15) is 0 Å². The van der Waals surface area contributed by atoms with Gasteiger partial charge in [0.2, 0.25) is 0 Å². The van der Waals surface area contributed by atoms with Gasteiger partial charge in [-0.3, -0.25) is 0 Å². The first-order chi connectivity index (χ1) is 7.52. The molecule has 1 aromatic rings. The van der Waals surface area contributed by atoms with E-state index in [1.165, 1.54) is 6.08 Å². The number of hydrogen-bond donors (Lipinski definition) is 1. The average molecular weight is 228 g/mol. The number of hydrogen-bond acceptors (Lipinski definition) is 2. The predicted octanol–water partition coefficient (Wildman–Crippen LogP) is 2.39. The van der Waals surface area contributed by atoms with Gasteiger partial charge in [0.05, 0.1) is 6.61 Å². The number of benzene rings is 1. The SMILES string of the molecule is O=C(O)C(F)(F)OC/C=C/c1ccccc1. The highest BCUT2D eigenvalue weighted by atomic mass is 19.3. The molecule has 16 heavy (non-hydrogen) atoms. The van der Waals surface area contributed by atoms with Gasteiger partial charge in [-0.2, -0.15) is 8.78 Å². The van der Waals surface area contributed by atoms with E-state index in [9.17, 15) is 13.6 Å². The van der Waals surface area contributed by atoms with Crippen LogP contribution in [-0.4, -0.2) is 23.8 Å². The second-order valence-electron chi connectivity index (χ2n) is 2.95. The van der Waals surface area contributed by atoms with E-state index in [4.69, 9.17) is 5.11 Å². The number of halogens is 2. The second-order valence-corrected chi connectivity index (χ2v) is 2.95. The fraction of sp³-hybridized carbons (Fsp3) is 0.182. The van der Waals surface area contributed by atoms with Gasteiger partial charge in [-0.25, -0.2) is 4.79 Å². The lowest BCUT2D eigenvalue weighted by Crippen LogP contribution is -2.31. The zero-order valence-electron chi connectivity index (χ0n) is 8.27. The van der Waals surface area contributed by atoms with Crippen molar-refractivity contribution in [2.75, 3.05) is 6.61 Å². The summed E-state index contributed by atoms with van der Waals surface area (Å²) in [5.41, 5.74) is 0.824. The first-order valence-electron chi connectivity index (χ1n) is 4.49. The predicted molar refractivity (Wildman–Crippen MR) is 54.0 cm³/mol. The molecule has 0 amide bonds. The molecule has 0 radical (unpaired) electrons. The van der Waals surface area contributed by atoms with Crippen LogP contribution in [0.15, 0.2) is 36.4 Å². The zero-order valence-corrected chi connectivity index (χ0v) is 8.27. The Hall–Kier alpha value is -1.75. The van der Waals surface area contributed by atoms with Crippen molar-refractivity contribution in [1.82, 2.24) is 0 Å². The molecule has 1 N–H and O–H groups in total. The van der Waals surface area contributed by atoms with Crippen LogP contribution in [0.2, 0.25) is 0 Å². The lowest BCUT2D eigenvalue weighted by Gasteiger charge is -2.09. The lowest BCUT2D eigenvalue weighted by atomic mass is 10.2. The third-order valence-corrected chi connectivity index (χ3v) is 1.72. The lowest BCUT2D eigenvalue weighted by molar-refractivity contribution is -0.241. The summed E-state index contributed by atoms with van der Waals surface area (Å²) in [5, 5.41) is 8.06. The Kier molecular flexibility index (Phi) is 4.13. The molecular formula is C11H10F2O3. The molecule has 0 saturated heterocycles. The molecule has 0 aromatic heterocycles. The molecule has 0 heterocycles. The number of carboxylic acids is 1. The monoisotopic (exact) mass is 228 g/mol. The maximum absolute atomic E-state index is 12.4. The van der Waals surface area contributed by atoms with Crippen LogP contribution >= 0.6 is 0 Å². The maximum Gasteiger partial charge on any atom is 0.456 e. The summed E-state index contributed by atoms with van der Waals surface area (Å²) in [5.74, 6) is -2.29. The number of aliphatic carboxylic acids is 1. The molecule has 0 aliphatic heterocycles. The molecule has 0 unspecified atom stereocenters. The Balaban J connectivity index is 2.42. The van der Waals surface area contributed by atoms with Crippen LogP contribution in [0.25, 0.3) is 6.08 Å². The van der Waals surface area contributed by atoms with E-state index in [1.807, 2.05) is 6.07 Å². The van der Waals surface area contributed by atoms with Crippen LogP contribution in [0.3, 0.4) is 0 Å². The fourth-order valence-electron chi connectivity index (χ4n) is 0.963. The highest BCUT2D eigenvalue weighted by Gasteiger charge is 2.40. The molecule has 0 aliphatic rings. The van der Waals surface area contributed by atoms with Crippen molar-refractivity contribution in [3.05, 3.63) is 42.0 Å². The van der Waals surface area contributed by atoms with Crippen molar-refractivity contribution >= 4 is 12.0 Å². The Morgan fingerprint density at radius 1 is 1.38 bits per heavy atom. The zero-order chi connectivity index (χ0) is 12.0. The standard InChI is InChI=1S/C11H10F2O3/c12-11(13,10(14)15)16-8-4-7-9-5-2-1-3-6-9/h1-7H,8H2,(H,14,15)/b7-4+. The highest BCUT2D eigenvalue weighted by Crippen LogP contribution is 2.15. The number of rotatable bonds is 5. The fourth-order valence-corrected chi connectivity index (χ4v) is 0.963. The summed E-state index contributed by atoms with van der Waals surface area (Å²) >= 11 is 0. The van der Waals surface area contributed by atoms with E-state index < -0.39 is 18.7 Å². The molecule has 86 valence electrons. The van der Waals surface area contributed by atoms with E-state index in [2.05, 4.69) is 4.74 Å². The van der Waals surface area contributed by atoms with Gasteiger partial charge < -0.3 is 9.84 Å². The molecule has 5 heteroatoms. The van der Waals surface area contributed by atoms with Crippen molar-refractivity contribution < 1.29 is 23.4 Å². The van der Waals surface area contributed by atoms with Gasteiger partial charge >= 0.3 is 12.1 Å². The van der Waals surface area contributed by atoms with Crippen LogP contribution in [0.5, 0.6) is 0 Å². The first kappa shape index (κ1) is 12.3. The summed E-state index contributed by atoms with van der Waals surface area (Å²) in [7, 11) is 0. The van der Waals surface area contributed by atoms with Gasteiger partial charge in [-0.05, 0) is 5.56 Å². The van der Waals surface area contributed by atoms with Crippen LogP contribution in [0, 0.1) is 0 Å². The summed E-state index contributed by atoms with van der Waals surface area (Å²) < 4.78 is 28.7. The van der Waals surface area contributed by atoms with E-state index in [1.54, 1.807) is 30.3 Å². The van der Waals surface area contributed by atoms with Gasteiger partial charge in [0.25, 0.3) is 0 Å². The molecule has 0 saturated carbocycles. The molecule has 1 aromatic carbocycles. The van der Waals surface area contributed by atoms with Gasteiger partial charge in [-0.1, -0.05) is 42.5 Å². The quantitative estimate of drug-likeness (QED) is 0.841. The van der Waals surface area contributed by atoms with Crippen LogP contribution in [0.1, 0.15) is 5.56 Å². The second kappa shape index (κ2) is 5.37. The van der Waals surface area contributed by atoms with Crippen LogP contribution < -0.4 is 0 Å². The first-order valence-corrected chi connectivity index (χ1v) is 4.49. The number of ether oxygens (including phenoxy) is 1. The normalized spacial score (nSPS) is 11.9. The summed E-state index contributed by atoms with van der Waals surface area (Å²) in [6.07, 6.45) is -1.24. The van der Waals surface area contributed by atoms with Crippen molar-refractivity contribution in [1.29, 1.82) is 0 Å². The van der Waals surface area contributed by atoms with E-state index in [0.29, 0.717) is 0 Å². The highest BCUT2D eigenvalue weighted by molar-refractivity contribution is 5.73. The molecule has 0 atom stereocenters. The number of carboxylic acid groups (broad SMARTS) is 1. The van der Waals surface area contributed by atoms with Crippen molar-refractivity contribution in [2.24, 2.45) is 0 Å². The van der Waals surface area contributed by atoms with Crippen molar-refractivity contribution in [3.63, 3.8) is 0 Å². The minimum Gasteiger partial charge on any atom is -0.475 e. The summed E-state index contributed by atoms with van der Waals surface area (Å²) in [4.78, 5) is 9.99. The van der Waals surface area contributed by atoms with Crippen molar-refractivity contribution in [2.45, 2.75) is 6.11 Å².